The normalized spacial score (nSPS) is 10.4. The van der Waals surface area contributed by atoms with Crippen molar-refractivity contribution >= 4 is 0 Å². The van der Waals surface area contributed by atoms with Gasteiger partial charge in [-0.15, -0.1) is 0 Å². The average molecular weight is 213 g/mol. The van der Waals surface area contributed by atoms with E-state index < -0.39 is 0 Å². The van der Waals surface area contributed by atoms with Crippen LogP contribution < -0.4 is 5.56 Å². The van der Waals surface area contributed by atoms with Gasteiger partial charge in [0.1, 0.15) is 0 Å². The van der Waals surface area contributed by atoms with E-state index in [-0.39, 0.29) is 5.56 Å². The van der Waals surface area contributed by atoms with Gasteiger partial charge < -0.3 is 4.98 Å². The van der Waals surface area contributed by atoms with Crippen LogP contribution in [0.4, 0.5) is 0 Å². The van der Waals surface area contributed by atoms with Crippen LogP contribution in [0.25, 0.3) is 11.3 Å². The summed E-state index contributed by atoms with van der Waals surface area (Å²) >= 11 is 0. The van der Waals surface area contributed by atoms with Gasteiger partial charge in [-0.2, -0.15) is 0 Å². The summed E-state index contributed by atoms with van der Waals surface area (Å²) in [6, 6.07) is 9.51. The number of rotatable bonds is 1. The first kappa shape index (κ1) is 10.7. The fraction of sp³-hybridized carbons (Fsp3) is 0.214. The number of aromatic nitrogens is 1. The average Bonchev–Trinajstić information content (AvgIpc) is 2.23. The van der Waals surface area contributed by atoms with E-state index in [2.05, 4.69) is 37.9 Å². The van der Waals surface area contributed by atoms with Gasteiger partial charge in [0.2, 0.25) is 5.56 Å². The van der Waals surface area contributed by atoms with Gasteiger partial charge in [-0.3, -0.25) is 4.79 Å². The third-order valence-corrected chi connectivity index (χ3v) is 2.90. The first-order chi connectivity index (χ1) is 7.58. The van der Waals surface area contributed by atoms with Crippen molar-refractivity contribution in [3.8, 4) is 11.3 Å². The monoisotopic (exact) mass is 213 g/mol. The van der Waals surface area contributed by atoms with Crippen molar-refractivity contribution in [2.75, 3.05) is 0 Å². The molecule has 1 aromatic heterocycles. The largest absolute Gasteiger partial charge is 0.322 e. The molecular weight excluding hydrogens is 198 g/mol. The highest BCUT2D eigenvalue weighted by Crippen LogP contribution is 2.23. The predicted octanol–water partition coefficient (Wildman–Crippen LogP) is 2.97. The minimum absolute atomic E-state index is 0.0601. The van der Waals surface area contributed by atoms with Gasteiger partial charge in [-0.05, 0) is 49.6 Å². The topological polar surface area (TPSA) is 32.9 Å². The van der Waals surface area contributed by atoms with E-state index in [1.807, 2.05) is 6.07 Å². The molecule has 1 aromatic carbocycles. The summed E-state index contributed by atoms with van der Waals surface area (Å²) in [5.41, 5.74) is 5.62. The molecule has 1 N–H and O–H groups in total. The quantitative estimate of drug-likeness (QED) is 0.776. The van der Waals surface area contributed by atoms with Crippen molar-refractivity contribution in [1.82, 2.24) is 4.98 Å². The lowest BCUT2D eigenvalue weighted by atomic mass is 9.98. The molecule has 2 rings (SSSR count). The molecule has 0 bridgehead atoms. The number of aryl methyl sites for hydroxylation is 3. The molecule has 2 nitrogen and oxygen atoms in total. The highest BCUT2D eigenvalue weighted by Gasteiger charge is 2.04. The van der Waals surface area contributed by atoms with Gasteiger partial charge in [-0.25, -0.2) is 0 Å². The van der Waals surface area contributed by atoms with E-state index in [1.165, 1.54) is 22.8 Å². The lowest BCUT2D eigenvalue weighted by Gasteiger charge is -2.09. The number of H-pyrrole nitrogens is 1. The molecular formula is C14H15NO. The zero-order chi connectivity index (χ0) is 11.7. The molecule has 0 amide bonds. The second-order valence-electron chi connectivity index (χ2n) is 4.18. The van der Waals surface area contributed by atoms with Crippen molar-refractivity contribution in [2.24, 2.45) is 0 Å². The highest BCUT2D eigenvalue weighted by atomic mass is 16.1. The van der Waals surface area contributed by atoms with Crippen LogP contribution in [0, 0.1) is 20.8 Å². The number of pyridine rings is 1. The third kappa shape index (κ3) is 1.91. The van der Waals surface area contributed by atoms with Crippen molar-refractivity contribution in [3.05, 3.63) is 57.4 Å². The van der Waals surface area contributed by atoms with Gasteiger partial charge in [0.05, 0.1) is 0 Å². The Morgan fingerprint density at radius 1 is 0.938 bits per heavy atom. The molecule has 0 aliphatic heterocycles. The summed E-state index contributed by atoms with van der Waals surface area (Å²) in [6.45, 7) is 6.24. The van der Waals surface area contributed by atoms with Crippen LogP contribution in [0.5, 0.6) is 0 Å². The molecule has 82 valence electrons. The highest BCUT2D eigenvalue weighted by molar-refractivity contribution is 5.65. The Bertz CT molecular complexity index is 582. The Morgan fingerprint density at radius 2 is 1.62 bits per heavy atom. The van der Waals surface area contributed by atoms with Crippen LogP contribution in [-0.4, -0.2) is 4.98 Å². The number of benzene rings is 1. The lowest BCUT2D eigenvalue weighted by molar-refractivity contribution is 1.22. The summed E-state index contributed by atoms with van der Waals surface area (Å²) < 4.78 is 0. The molecule has 0 radical (unpaired) electrons. The SMILES string of the molecule is Cc1cc(C)c(-c2cccc(=O)[nH]2)cc1C. The van der Waals surface area contributed by atoms with E-state index in [0.29, 0.717) is 0 Å². The van der Waals surface area contributed by atoms with Crippen LogP contribution in [0.3, 0.4) is 0 Å². The zero-order valence-electron chi connectivity index (χ0n) is 9.79. The number of hydrogen-bond donors (Lipinski definition) is 1. The summed E-state index contributed by atoms with van der Waals surface area (Å²) in [4.78, 5) is 14.1. The number of hydrogen-bond acceptors (Lipinski definition) is 1. The van der Waals surface area contributed by atoms with Gasteiger partial charge in [-0.1, -0.05) is 12.1 Å². The Morgan fingerprint density at radius 3 is 2.31 bits per heavy atom. The van der Waals surface area contributed by atoms with Crippen molar-refractivity contribution in [2.45, 2.75) is 20.8 Å². The van der Waals surface area contributed by atoms with Gasteiger partial charge >= 0.3 is 0 Å². The van der Waals surface area contributed by atoms with Crippen molar-refractivity contribution in [3.63, 3.8) is 0 Å². The molecule has 0 spiro atoms. The molecule has 0 saturated heterocycles. The fourth-order valence-electron chi connectivity index (χ4n) is 1.86. The Balaban J connectivity index is 2.65. The lowest BCUT2D eigenvalue weighted by Crippen LogP contribution is -2.04. The first-order valence-corrected chi connectivity index (χ1v) is 5.35. The summed E-state index contributed by atoms with van der Waals surface area (Å²) in [7, 11) is 0. The Kier molecular flexibility index (Phi) is 2.65. The van der Waals surface area contributed by atoms with Crippen LogP contribution in [0.1, 0.15) is 16.7 Å². The van der Waals surface area contributed by atoms with E-state index in [9.17, 15) is 4.79 Å². The van der Waals surface area contributed by atoms with E-state index >= 15 is 0 Å². The molecule has 2 aromatic rings. The molecule has 0 atom stereocenters. The molecule has 2 heteroatoms. The van der Waals surface area contributed by atoms with Crippen LogP contribution in [-0.2, 0) is 0 Å². The smallest absolute Gasteiger partial charge is 0.248 e. The molecule has 0 aliphatic carbocycles. The first-order valence-electron chi connectivity index (χ1n) is 5.35. The Labute approximate surface area is 95.0 Å². The van der Waals surface area contributed by atoms with Crippen LogP contribution in [0.15, 0.2) is 35.1 Å². The maximum atomic E-state index is 11.3. The standard InChI is InChI=1S/C14H15NO/c1-9-7-11(3)12(8-10(9)2)13-5-4-6-14(16)15-13/h4-8H,1-3H3,(H,15,16). The second kappa shape index (κ2) is 3.97. The minimum atomic E-state index is -0.0601. The zero-order valence-corrected chi connectivity index (χ0v) is 9.79. The maximum Gasteiger partial charge on any atom is 0.248 e. The van der Waals surface area contributed by atoms with Crippen LogP contribution >= 0.6 is 0 Å². The summed E-state index contributed by atoms with van der Waals surface area (Å²) in [5.74, 6) is 0. The fourth-order valence-corrected chi connectivity index (χ4v) is 1.86. The Hall–Kier alpha value is -1.83. The van der Waals surface area contributed by atoms with E-state index in [0.717, 1.165) is 11.3 Å². The second-order valence-corrected chi connectivity index (χ2v) is 4.18. The number of aromatic amines is 1. The molecule has 0 saturated carbocycles. The van der Waals surface area contributed by atoms with Crippen molar-refractivity contribution in [1.29, 1.82) is 0 Å². The molecule has 0 fully saturated rings. The molecule has 0 unspecified atom stereocenters. The van der Waals surface area contributed by atoms with Crippen molar-refractivity contribution < 1.29 is 0 Å². The van der Waals surface area contributed by atoms with Gasteiger partial charge in [0.25, 0.3) is 0 Å². The summed E-state index contributed by atoms with van der Waals surface area (Å²) in [5, 5.41) is 0. The molecule has 1 heterocycles. The van der Waals surface area contributed by atoms with E-state index in [4.69, 9.17) is 0 Å². The van der Waals surface area contributed by atoms with Gasteiger partial charge in [0, 0.05) is 17.3 Å². The predicted molar refractivity (Wildman–Crippen MR) is 66.7 cm³/mol. The number of nitrogens with one attached hydrogen (secondary N) is 1. The maximum absolute atomic E-state index is 11.3. The third-order valence-electron chi connectivity index (χ3n) is 2.90. The summed E-state index contributed by atoms with van der Waals surface area (Å²) in [6.07, 6.45) is 0. The molecule has 16 heavy (non-hydrogen) atoms. The van der Waals surface area contributed by atoms with Crippen LogP contribution in [0.2, 0.25) is 0 Å². The molecule has 0 aliphatic rings. The van der Waals surface area contributed by atoms with Gasteiger partial charge in [0.15, 0.2) is 0 Å². The van der Waals surface area contributed by atoms with E-state index in [1.54, 1.807) is 6.07 Å². The minimum Gasteiger partial charge on any atom is -0.322 e.